The van der Waals surface area contributed by atoms with Crippen LogP contribution in [0.3, 0.4) is 0 Å². The van der Waals surface area contributed by atoms with Gasteiger partial charge in [0.25, 0.3) is 0 Å². The van der Waals surface area contributed by atoms with Gasteiger partial charge in [0.2, 0.25) is 0 Å². The van der Waals surface area contributed by atoms with Gasteiger partial charge in [0.1, 0.15) is 0 Å². The van der Waals surface area contributed by atoms with Crippen molar-refractivity contribution in [3.63, 3.8) is 0 Å². The van der Waals surface area contributed by atoms with Gasteiger partial charge < -0.3 is 20.5 Å². The maximum atomic E-state index is 10.3. The molecule has 0 bridgehead atoms. The molecule has 0 aromatic rings. The second kappa shape index (κ2) is 49.0. The number of carboxylic acid groups (broad SMARTS) is 2. The zero-order chi connectivity index (χ0) is 29.8. The van der Waals surface area contributed by atoms with Crippen LogP contribution in [0.5, 0.6) is 0 Å². The van der Waals surface area contributed by atoms with Crippen LogP contribution in [0.25, 0.3) is 0 Å². The first-order chi connectivity index (χ1) is 19.5. The zero-order valence-corrected chi connectivity index (χ0v) is 29.7. The van der Waals surface area contributed by atoms with Crippen LogP contribution in [0.2, 0.25) is 0 Å². The molecule has 0 fully saturated rings. The van der Waals surface area contributed by atoms with E-state index in [0.717, 1.165) is 25.7 Å². The third-order valence-corrected chi connectivity index (χ3v) is 7.98. The van der Waals surface area contributed by atoms with Gasteiger partial charge in [-0.3, -0.25) is 4.79 Å². The van der Waals surface area contributed by atoms with Gasteiger partial charge in [-0.1, -0.05) is 194 Å². The summed E-state index contributed by atoms with van der Waals surface area (Å²) in [6, 6.07) is 0. The minimum absolute atomic E-state index is 0. The summed E-state index contributed by atoms with van der Waals surface area (Å²) in [6.45, 7) is 4.54. The van der Waals surface area contributed by atoms with Gasteiger partial charge in [-0.15, -0.1) is 0 Å². The fourth-order valence-electron chi connectivity index (χ4n) is 5.29. The van der Waals surface area contributed by atoms with Crippen LogP contribution >= 0.6 is 0 Å². The van der Waals surface area contributed by atoms with Crippen molar-refractivity contribution in [2.75, 3.05) is 0 Å². The van der Waals surface area contributed by atoms with Gasteiger partial charge >= 0.3 is 43.7 Å². The van der Waals surface area contributed by atoms with Crippen LogP contribution in [0.1, 0.15) is 219 Å². The second-order valence-corrected chi connectivity index (χ2v) is 12.2. The molecule has 0 saturated carbocycles. The summed E-state index contributed by atoms with van der Waals surface area (Å²) in [7, 11) is 0. The molecule has 248 valence electrons. The van der Waals surface area contributed by atoms with Gasteiger partial charge in [0.05, 0.1) is 0 Å². The molecule has 0 aromatic heterocycles. The summed E-state index contributed by atoms with van der Waals surface area (Å²) in [5, 5.41) is 18.7. The maximum absolute atomic E-state index is 10.3. The van der Waals surface area contributed by atoms with E-state index in [9.17, 15) is 14.7 Å². The molecule has 0 radical (unpaired) electrons. The summed E-state index contributed by atoms with van der Waals surface area (Å²) in [5.41, 5.74) is 0. The van der Waals surface area contributed by atoms with E-state index in [-0.39, 0.29) is 49.6 Å². The van der Waals surface area contributed by atoms with Crippen molar-refractivity contribution in [1.82, 2.24) is 0 Å². The van der Waals surface area contributed by atoms with Crippen LogP contribution in [0, 0.1) is 0 Å². The molecule has 0 rings (SSSR count). The Morgan fingerprint density at radius 2 is 0.581 bits per heavy atom. The summed E-state index contributed by atoms with van der Waals surface area (Å²) in [5.74, 6) is -1.56. The number of carbonyl (C=O) groups is 2. The van der Waals surface area contributed by atoms with Crippen LogP contribution in [-0.2, 0) is 9.59 Å². The third kappa shape index (κ3) is 58.2. The molecule has 5 nitrogen and oxygen atoms in total. The van der Waals surface area contributed by atoms with Crippen LogP contribution in [0.15, 0.2) is 0 Å². The van der Waals surface area contributed by atoms with Crippen LogP contribution in [-0.4, -0.2) is 22.5 Å². The summed E-state index contributed by atoms with van der Waals surface area (Å²) in [6.07, 6.45) is 40.1. The Kier molecular flexibility index (Phi) is 59.9. The first-order valence-electron chi connectivity index (χ1n) is 18.0. The monoisotopic (exact) mass is 599 g/mol. The first-order valence-corrected chi connectivity index (χ1v) is 18.0. The number of carbonyl (C=O) groups excluding carboxylic acids is 1. The Labute approximate surface area is 293 Å². The van der Waals surface area contributed by atoms with Crippen molar-refractivity contribution in [1.29, 1.82) is 0 Å². The standard InChI is InChI=1S/2C18H36O2.2Li.H2O/c2*1-2-3-4-5-6-7-8-9-10-11-12-13-14-15-16-17-18(19)20;;;/h2*2-17H2,1H3,(H,19,20);;;1H2/q;;2*+1;/p-2. The molecule has 0 atom stereocenters. The van der Waals surface area contributed by atoms with E-state index in [1.807, 2.05) is 0 Å². The SMILES string of the molecule is CCCCCCCCCCCCCCCCCC(=O)O.CCCCCCCCCCCCCCCCCC(=O)[O-].[Li+].[Li+].[OH-]. The molecule has 0 spiro atoms. The molecule has 0 aliphatic carbocycles. The third-order valence-electron chi connectivity index (χ3n) is 7.98. The molecule has 0 amide bonds. The van der Waals surface area contributed by atoms with Crippen molar-refractivity contribution in [2.45, 2.75) is 219 Å². The molecule has 0 unspecified atom stereocenters. The molecular formula is C36H72Li2O5. The number of hydrogen-bond acceptors (Lipinski definition) is 4. The molecule has 0 aromatic carbocycles. The van der Waals surface area contributed by atoms with Gasteiger partial charge in [-0.05, 0) is 19.3 Å². The predicted octanol–water partition coefficient (Wildman–Crippen LogP) is 5.16. The van der Waals surface area contributed by atoms with Gasteiger partial charge in [0.15, 0.2) is 0 Å². The molecule has 2 N–H and O–H groups in total. The number of hydrogen-bond donors (Lipinski definition) is 1. The van der Waals surface area contributed by atoms with Gasteiger partial charge in [-0.25, -0.2) is 0 Å². The Morgan fingerprint density at radius 3 is 0.767 bits per heavy atom. The fraction of sp³-hybridized carbons (Fsp3) is 0.944. The van der Waals surface area contributed by atoms with E-state index >= 15 is 0 Å². The van der Waals surface area contributed by atoms with Crippen molar-refractivity contribution < 1.29 is 63.0 Å². The Bertz CT molecular complexity index is 462. The number of rotatable bonds is 32. The molecule has 0 saturated heterocycles. The average Bonchev–Trinajstić information content (AvgIpc) is 2.93. The molecule has 7 heteroatoms. The van der Waals surface area contributed by atoms with Crippen LogP contribution < -0.4 is 42.8 Å². The topological polar surface area (TPSA) is 107 Å². The van der Waals surface area contributed by atoms with E-state index in [2.05, 4.69) is 13.8 Å². The number of carboxylic acids is 2. The summed E-state index contributed by atoms with van der Waals surface area (Å²) in [4.78, 5) is 20.6. The minimum Gasteiger partial charge on any atom is -0.870 e. The molecular weight excluding hydrogens is 526 g/mol. The second-order valence-electron chi connectivity index (χ2n) is 12.2. The predicted molar refractivity (Wildman–Crippen MR) is 174 cm³/mol. The van der Waals surface area contributed by atoms with Crippen LogP contribution in [0.4, 0.5) is 0 Å². The molecule has 0 heterocycles. The average molecular weight is 599 g/mol. The van der Waals surface area contributed by atoms with E-state index < -0.39 is 11.9 Å². The molecule has 0 aliphatic rings. The van der Waals surface area contributed by atoms with E-state index in [1.165, 1.54) is 167 Å². The molecule has 43 heavy (non-hydrogen) atoms. The van der Waals surface area contributed by atoms with Gasteiger partial charge in [-0.2, -0.15) is 0 Å². The number of unbranched alkanes of at least 4 members (excludes halogenated alkanes) is 28. The maximum Gasteiger partial charge on any atom is 1.00 e. The summed E-state index contributed by atoms with van der Waals surface area (Å²) >= 11 is 0. The Morgan fingerprint density at radius 1 is 0.395 bits per heavy atom. The normalized spacial score (nSPS) is 10.1. The van der Waals surface area contributed by atoms with Crippen molar-refractivity contribution >= 4 is 11.9 Å². The molecule has 0 aliphatic heterocycles. The first kappa shape index (κ1) is 52.6. The largest absolute Gasteiger partial charge is 1.00 e. The summed E-state index contributed by atoms with van der Waals surface area (Å²) < 4.78 is 0. The van der Waals surface area contributed by atoms with E-state index in [4.69, 9.17) is 5.11 Å². The van der Waals surface area contributed by atoms with Crippen molar-refractivity contribution in [3.05, 3.63) is 0 Å². The quantitative estimate of drug-likeness (QED) is 0.0850. The fourth-order valence-corrected chi connectivity index (χ4v) is 5.29. The van der Waals surface area contributed by atoms with E-state index in [0.29, 0.717) is 6.42 Å². The Hall–Kier alpha value is 0.0948. The van der Waals surface area contributed by atoms with Crippen molar-refractivity contribution in [2.24, 2.45) is 0 Å². The smallest absolute Gasteiger partial charge is 0.870 e. The van der Waals surface area contributed by atoms with Crippen molar-refractivity contribution in [3.8, 4) is 0 Å². The van der Waals surface area contributed by atoms with Gasteiger partial charge in [0, 0.05) is 12.4 Å². The zero-order valence-electron chi connectivity index (χ0n) is 29.7. The minimum atomic E-state index is -0.903. The Balaban J connectivity index is -0.000000209. The van der Waals surface area contributed by atoms with E-state index in [1.54, 1.807) is 0 Å². The number of aliphatic carboxylic acids is 2.